The van der Waals surface area contributed by atoms with Gasteiger partial charge in [-0.3, -0.25) is 9.48 Å². The Morgan fingerprint density at radius 3 is 2.92 bits per heavy atom. The lowest BCUT2D eigenvalue weighted by Crippen LogP contribution is -2.39. The van der Waals surface area contributed by atoms with Gasteiger partial charge in [0.1, 0.15) is 0 Å². The van der Waals surface area contributed by atoms with Crippen LogP contribution in [-0.4, -0.2) is 43.6 Å². The lowest BCUT2D eigenvalue weighted by Gasteiger charge is -2.32. The molecule has 1 aliphatic rings. The van der Waals surface area contributed by atoms with Crippen molar-refractivity contribution >= 4 is 11.9 Å². The molecular weight excluding hydrogens is 304 g/mol. The molecule has 1 aliphatic heterocycles. The van der Waals surface area contributed by atoms with Gasteiger partial charge < -0.3 is 10.6 Å². The summed E-state index contributed by atoms with van der Waals surface area (Å²) in [5, 5.41) is 4.45. The minimum absolute atomic E-state index is 0.0542. The van der Waals surface area contributed by atoms with Crippen molar-refractivity contribution < 1.29 is 4.79 Å². The second-order valence-corrected chi connectivity index (χ2v) is 6.69. The first kappa shape index (κ1) is 16.4. The van der Waals surface area contributed by atoms with E-state index < -0.39 is 0 Å². The van der Waals surface area contributed by atoms with E-state index in [1.54, 1.807) is 10.9 Å². The van der Waals surface area contributed by atoms with Crippen molar-refractivity contribution in [1.29, 1.82) is 0 Å². The molecule has 7 heteroatoms. The fraction of sp³-hybridized carbons (Fsp3) is 0.529. The standard InChI is InChI=1S/C17H24N6O/c1-11(2)15-13(10-22(3)21-15)16(24)23-8-4-5-12(9-23)14-6-7-19-17(18)20-14/h6-7,10-12H,4-5,8-9H2,1-3H3,(H2,18,19,20). The smallest absolute Gasteiger partial charge is 0.257 e. The molecule has 0 saturated carbocycles. The number of rotatable bonds is 3. The van der Waals surface area contributed by atoms with Gasteiger partial charge >= 0.3 is 0 Å². The molecule has 2 aromatic rings. The van der Waals surface area contributed by atoms with Crippen LogP contribution in [-0.2, 0) is 7.05 Å². The number of nitrogens with two attached hydrogens (primary N) is 1. The highest BCUT2D eigenvalue weighted by atomic mass is 16.2. The normalized spacial score (nSPS) is 18.2. The highest BCUT2D eigenvalue weighted by molar-refractivity contribution is 5.95. The molecule has 0 aromatic carbocycles. The quantitative estimate of drug-likeness (QED) is 0.930. The van der Waals surface area contributed by atoms with Crippen LogP contribution in [0, 0.1) is 0 Å². The van der Waals surface area contributed by atoms with E-state index in [9.17, 15) is 4.79 Å². The van der Waals surface area contributed by atoms with Crippen molar-refractivity contribution in [1.82, 2.24) is 24.6 Å². The van der Waals surface area contributed by atoms with Crippen LogP contribution >= 0.6 is 0 Å². The first-order chi connectivity index (χ1) is 11.5. The number of aryl methyl sites for hydroxylation is 1. The first-order valence-electron chi connectivity index (χ1n) is 8.37. The summed E-state index contributed by atoms with van der Waals surface area (Å²) in [5.41, 5.74) is 8.17. The molecule has 3 rings (SSSR count). The number of hydrogen-bond acceptors (Lipinski definition) is 5. The second kappa shape index (κ2) is 6.59. The molecule has 1 saturated heterocycles. The van der Waals surface area contributed by atoms with Gasteiger partial charge in [0.25, 0.3) is 5.91 Å². The van der Waals surface area contributed by atoms with Crippen LogP contribution < -0.4 is 5.73 Å². The average molecular weight is 328 g/mol. The minimum Gasteiger partial charge on any atom is -0.368 e. The number of nitrogens with zero attached hydrogens (tertiary/aromatic N) is 5. The van der Waals surface area contributed by atoms with Crippen molar-refractivity contribution in [3.63, 3.8) is 0 Å². The van der Waals surface area contributed by atoms with E-state index in [1.165, 1.54) is 0 Å². The highest BCUT2D eigenvalue weighted by Crippen LogP contribution is 2.28. The Labute approximate surface area is 141 Å². The van der Waals surface area contributed by atoms with Gasteiger partial charge in [-0.25, -0.2) is 9.97 Å². The van der Waals surface area contributed by atoms with Gasteiger partial charge in [0.05, 0.1) is 17.0 Å². The molecule has 1 unspecified atom stereocenters. The third-order valence-electron chi connectivity index (χ3n) is 4.46. The van der Waals surface area contributed by atoms with Crippen LogP contribution in [0.1, 0.15) is 60.3 Å². The third kappa shape index (κ3) is 3.25. The molecule has 2 N–H and O–H groups in total. The zero-order chi connectivity index (χ0) is 17.3. The summed E-state index contributed by atoms with van der Waals surface area (Å²) >= 11 is 0. The topological polar surface area (TPSA) is 89.9 Å². The maximum Gasteiger partial charge on any atom is 0.257 e. The largest absolute Gasteiger partial charge is 0.368 e. The van der Waals surface area contributed by atoms with Crippen LogP contribution in [0.25, 0.3) is 0 Å². The van der Waals surface area contributed by atoms with Gasteiger partial charge in [-0.2, -0.15) is 5.10 Å². The van der Waals surface area contributed by atoms with Gasteiger partial charge in [-0.05, 0) is 24.8 Å². The van der Waals surface area contributed by atoms with Crippen molar-refractivity contribution in [3.8, 4) is 0 Å². The molecular formula is C17H24N6O. The lowest BCUT2D eigenvalue weighted by molar-refractivity contribution is 0.0704. The molecule has 1 fully saturated rings. The Morgan fingerprint density at radius 2 is 2.21 bits per heavy atom. The van der Waals surface area contributed by atoms with Gasteiger partial charge in [0, 0.05) is 38.4 Å². The Kier molecular flexibility index (Phi) is 4.51. The summed E-state index contributed by atoms with van der Waals surface area (Å²) in [7, 11) is 1.85. The molecule has 1 atom stereocenters. The number of likely N-dealkylation sites (tertiary alicyclic amines) is 1. The van der Waals surface area contributed by atoms with Gasteiger partial charge in [-0.15, -0.1) is 0 Å². The van der Waals surface area contributed by atoms with E-state index >= 15 is 0 Å². The SMILES string of the molecule is CC(C)c1nn(C)cc1C(=O)N1CCCC(c2ccnc(N)n2)C1. The Bertz CT molecular complexity index is 738. The summed E-state index contributed by atoms with van der Waals surface area (Å²) in [6.07, 6.45) is 5.46. The minimum atomic E-state index is 0.0542. The Morgan fingerprint density at radius 1 is 1.42 bits per heavy atom. The first-order valence-corrected chi connectivity index (χ1v) is 8.37. The van der Waals surface area contributed by atoms with Crippen LogP contribution in [0.5, 0.6) is 0 Å². The van der Waals surface area contributed by atoms with E-state index in [1.807, 2.05) is 24.2 Å². The molecule has 24 heavy (non-hydrogen) atoms. The van der Waals surface area contributed by atoms with E-state index in [0.717, 1.165) is 30.8 Å². The number of anilines is 1. The molecule has 0 bridgehead atoms. The maximum atomic E-state index is 13.0. The van der Waals surface area contributed by atoms with Crippen molar-refractivity contribution in [2.24, 2.45) is 7.05 Å². The summed E-state index contributed by atoms with van der Waals surface area (Å²) in [4.78, 5) is 23.2. The fourth-order valence-corrected chi connectivity index (χ4v) is 3.29. The van der Waals surface area contributed by atoms with Crippen LogP contribution in [0.2, 0.25) is 0 Å². The van der Waals surface area contributed by atoms with E-state index in [0.29, 0.717) is 12.1 Å². The summed E-state index contributed by atoms with van der Waals surface area (Å²) in [6.45, 7) is 5.54. The molecule has 2 aromatic heterocycles. The van der Waals surface area contributed by atoms with Crippen molar-refractivity contribution in [2.45, 2.75) is 38.5 Å². The van der Waals surface area contributed by atoms with Crippen molar-refractivity contribution in [3.05, 3.63) is 35.4 Å². The molecule has 0 radical (unpaired) electrons. The molecule has 0 aliphatic carbocycles. The summed E-state index contributed by atoms with van der Waals surface area (Å²) in [6, 6.07) is 1.89. The number of amides is 1. The Hall–Kier alpha value is -2.44. The molecule has 0 spiro atoms. The summed E-state index contributed by atoms with van der Waals surface area (Å²) in [5.74, 6) is 0.753. The highest BCUT2D eigenvalue weighted by Gasteiger charge is 2.29. The fourth-order valence-electron chi connectivity index (χ4n) is 3.29. The van der Waals surface area contributed by atoms with E-state index in [2.05, 4.69) is 28.9 Å². The number of nitrogen functional groups attached to an aromatic ring is 1. The third-order valence-corrected chi connectivity index (χ3v) is 4.46. The predicted molar refractivity (Wildman–Crippen MR) is 91.6 cm³/mol. The van der Waals surface area contributed by atoms with Crippen molar-refractivity contribution in [2.75, 3.05) is 18.8 Å². The van der Waals surface area contributed by atoms with Gasteiger partial charge in [-0.1, -0.05) is 13.8 Å². The average Bonchev–Trinajstić information content (AvgIpc) is 2.96. The van der Waals surface area contributed by atoms with E-state index in [-0.39, 0.29) is 23.7 Å². The maximum absolute atomic E-state index is 13.0. The zero-order valence-corrected chi connectivity index (χ0v) is 14.4. The number of carbonyl (C=O) groups is 1. The molecule has 3 heterocycles. The predicted octanol–water partition coefficient (Wildman–Crippen LogP) is 1.94. The number of hydrogen-bond donors (Lipinski definition) is 1. The molecule has 7 nitrogen and oxygen atoms in total. The monoisotopic (exact) mass is 328 g/mol. The molecule has 128 valence electrons. The number of carbonyl (C=O) groups excluding carboxylic acids is 1. The zero-order valence-electron chi connectivity index (χ0n) is 14.4. The van der Waals surface area contributed by atoms with Crippen LogP contribution in [0.15, 0.2) is 18.5 Å². The van der Waals surface area contributed by atoms with E-state index in [4.69, 9.17) is 5.73 Å². The van der Waals surface area contributed by atoms with Crippen LogP contribution in [0.4, 0.5) is 5.95 Å². The Balaban J connectivity index is 1.81. The second-order valence-electron chi connectivity index (χ2n) is 6.69. The molecule has 1 amide bonds. The van der Waals surface area contributed by atoms with Gasteiger partial charge in [0.2, 0.25) is 5.95 Å². The number of piperidine rings is 1. The lowest BCUT2D eigenvalue weighted by atomic mass is 9.94. The van der Waals surface area contributed by atoms with Gasteiger partial charge in [0.15, 0.2) is 0 Å². The summed E-state index contributed by atoms with van der Waals surface area (Å²) < 4.78 is 1.72. The van der Waals surface area contributed by atoms with Crippen LogP contribution in [0.3, 0.4) is 0 Å². The number of aromatic nitrogens is 4.